The third-order valence-electron chi connectivity index (χ3n) is 9.62. The van der Waals surface area contributed by atoms with Crippen LogP contribution in [0.15, 0.2) is 85.3 Å². The Bertz CT molecular complexity index is 2140. The van der Waals surface area contributed by atoms with Crippen molar-refractivity contribution in [1.82, 2.24) is 30.0 Å². The monoisotopic (exact) mass is 669 g/mol. The van der Waals surface area contributed by atoms with Crippen LogP contribution in [-0.2, 0) is 9.59 Å². The molecule has 2 saturated heterocycles. The first-order chi connectivity index (χ1) is 24.4. The maximum Gasteiger partial charge on any atom is 0.262 e. The van der Waals surface area contributed by atoms with Gasteiger partial charge >= 0.3 is 0 Å². The van der Waals surface area contributed by atoms with E-state index in [0.29, 0.717) is 24.8 Å². The van der Waals surface area contributed by atoms with Gasteiger partial charge in [-0.3, -0.25) is 39.1 Å². The summed E-state index contributed by atoms with van der Waals surface area (Å²) in [5.41, 5.74) is 6.92. The predicted octanol–water partition coefficient (Wildman–Crippen LogP) is 4.26. The first-order valence-electron chi connectivity index (χ1n) is 16.9. The molecule has 0 saturated carbocycles. The van der Waals surface area contributed by atoms with Crippen molar-refractivity contribution in [3.63, 3.8) is 0 Å². The van der Waals surface area contributed by atoms with Crippen molar-refractivity contribution in [2.45, 2.75) is 37.8 Å². The van der Waals surface area contributed by atoms with E-state index in [4.69, 9.17) is 4.98 Å². The minimum atomic E-state index is -0.982. The van der Waals surface area contributed by atoms with Crippen molar-refractivity contribution in [2.24, 2.45) is 0 Å². The molecule has 3 aliphatic rings. The normalized spacial score (nSPS) is 18.0. The van der Waals surface area contributed by atoms with E-state index in [1.807, 2.05) is 42.7 Å². The number of rotatable bonds is 9. The van der Waals surface area contributed by atoms with Gasteiger partial charge in [0.1, 0.15) is 6.04 Å². The SMILES string of the molecule is O=C1CCC(N2C(=O)c3ccc(NCCNc4cccc(N5CCC(n6cc(-c7cnc8ccccc8n7)cn6)CC5)c4)cc3C2=O)C(=O)N1. The van der Waals surface area contributed by atoms with Crippen molar-refractivity contribution in [3.05, 3.63) is 96.4 Å². The molecule has 1 atom stereocenters. The van der Waals surface area contributed by atoms with Gasteiger partial charge in [-0.15, -0.1) is 0 Å². The zero-order valence-corrected chi connectivity index (χ0v) is 27.2. The summed E-state index contributed by atoms with van der Waals surface area (Å²) in [4.78, 5) is 62.7. The van der Waals surface area contributed by atoms with Crippen LogP contribution >= 0.6 is 0 Å². The molecular weight excluding hydrogens is 634 g/mol. The molecule has 3 aliphatic heterocycles. The van der Waals surface area contributed by atoms with E-state index in [9.17, 15) is 19.2 Å². The van der Waals surface area contributed by atoms with Crippen molar-refractivity contribution < 1.29 is 19.2 Å². The zero-order chi connectivity index (χ0) is 34.2. The Morgan fingerprint density at radius 1 is 0.780 bits per heavy atom. The summed E-state index contributed by atoms with van der Waals surface area (Å²) in [6.45, 7) is 3.04. The number of hydrogen-bond donors (Lipinski definition) is 3. The second-order valence-corrected chi connectivity index (χ2v) is 12.8. The van der Waals surface area contributed by atoms with E-state index in [-0.39, 0.29) is 24.0 Å². The smallest absolute Gasteiger partial charge is 0.262 e. The number of carbonyl (C=O) groups is 4. The highest BCUT2D eigenvalue weighted by Gasteiger charge is 2.44. The lowest BCUT2D eigenvalue weighted by atomic mass is 10.0. The highest BCUT2D eigenvalue weighted by molar-refractivity contribution is 6.23. The van der Waals surface area contributed by atoms with E-state index in [0.717, 1.165) is 64.5 Å². The summed E-state index contributed by atoms with van der Waals surface area (Å²) in [6.07, 6.45) is 7.93. The van der Waals surface area contributed by atoms with Gasteiger partial charge in [0.25, 0.3) is 11.8 Å². The number of aromatic nitrogens is 4. The van der Waals surface area contributed by atoms with Crippen LogP contribution in [0.25, 0.3) is 22.3 Å². The fraction of sp³-hybridized carbons (Fsp3) is 0.270. The van der Waals surface area contributed by atoms with Gasteiger partial charge in [-0.2, -0.15) is 5.10 Å². The van der Waals surface area contributed by atoms with Gasteiger partial charge in [0, 0.05) is 61.4 Å². The van der Waals surface area contributed by atoms with Crippen LogP contribution in [0, 0.1) is 0 Å². The molecule has 0 radical (unpaired) electrons. The average Bonchev–Trinajstić information content (AvgIpc) is 3.73. The first kappa shape index (κ1) is 31.2. The van der Waals surface area contributed by atoms with E-state index in [1.165, 1.54) is 0 Å². The van der Waals surface area contributed by atoms with E-state index < -0.39 is 29.7 Å². The molecule has 8 rings (SSSR count). The number of fused-ring (bicyclic) bond motifs is 2. The van der Waals surface area contributed by atoms with Crippen LogP contribution in [0.4, 0.5) is 17.1 Å². The molecule has 0 aliphatic carbocycles. The fourth-order valence-corrected chi connectivity index (χ4v) is 6.96. The van der Waals surface area contributed by atoms with Crippen molar-refractivity contribution in [3.8, 4) is 11.3 Å². The van der Waals surface area contributed by atoms with Crippen LogP contribution in [0.5, 0.6) is 0 Å². The van der Waals surface area contributed by atoms with Crippen LogP contribution in [0.1, 0.15) is 52.4 Å². The second kappa shape index (κ2) is 13.1. The topological polar surface area (TPSA) is 154 Å². The van der Waals surface area contributed by atoms with Crippen LogP contribution in [0.2, 0.25) is 0 Å². The van der Waals surface area contributed by atoms with E-state index in [1.54, 1.807) is 18.2 Å². The van der Waals surface area contributed by atoms with Crippen LogP contribution < -0.4 is 20.9 Å². The number of hydrogen-bond acceptors (Lipinski definition) is 10. The minimum Gasteiger partial charge on any atom is -0.383 e. The lowest BCUT2D eigenvalue weighted by Gasteiger charge is -2.34. The molecule has 5 heterocycles. The highest BCUT2D eigenvalue weighted by atomic mass is 16.2. The molecule has 3 N–H and O–H groups in total. The number of carbonyl (C=O) groups excluding carboxylic acids is 4. The van der Waals surface area contributed by atoms with Gasteiger partial charge in [-0.05, 0) is 67.8 Å². The summed E-state index contributed by atoms with van der Waals surface area (Å²) in [5, 5.41) is 13.7. The molecule has 5 aromatic rings. The third-order valence-corrected chi connectivity index (χ3v) is 9.62. The summed E-state index contributed by atoms with van der Waals surface area (Å²) in [7, 11) is 0. The third kappa shape index (κ3) is 6.02. The number of imide groups is 2. The van der Waals surface area contributed by atoms with Gasteiger partial charge in [0.2, 0.25) is 11.8 Å². The Labute approximate surface area is 287 Å². The van der Waals surface area contributed by atoms with Gasteiger partial charge in [0.15, 0.2) is 0 Å². The second-order valence-electron chi connectivity index (χ2n) is 12.8. The number of benzene rings is 3. The Morgan fingerprint density at radius 2 is 1.54 bits per heavy atom. The Morgan fingerprint density at radius 3 is 2.34 bits per heavy atom. The molecule has 1 unspecified atom stereocenters. The maximum atomic E-state index is 13.1. The lowest BCUT2D eigenvalue weighted by molar-refractivity contribution is -0.136. The predicted molar refractivity (Wildman–Crippen MR) is 188 cm³/mol. The summed E-state index contributed by atoms with van der Waals surface area (Å²) < 4.78 is 2.07. The Hall–Kier alpha value is -6.11. The number of nitrogens with zero attached hydrogens (tertiary/aromatic N) is 6. The summed E-state index contributed by atoms with van der Waals surface area (Å²) in [6, 6.07) is 20.6. The van der Waals surface area contributed by atoms with Crippen LogP contribution in [0.3, 0.4) is 0 Å². The van der Waals surface area contributed by atoms with E-state index >= 15 is 0 Å². The highest BCUT2D eigenvalue weighted by Crippen LogP contribution is 2.31. The zero-order valence-electron chi connectivity index (χ0n) is 27.2. The van der Waals surface area contributed by atoms with Crippen LogP contribution in [-0.4, -0.2) is 80.5 Å². The van der Waals surface area contributed by atoms with E-state index in [2.05, 4.69) is 60.0 Å². The minimum absolute atomic E-state index is 0.0856. The van der Waals surface area contributed by atoms with Crippen molar-refractivity contribution >= 4 is 51.7 Å². The quantitative estimate of drug-likeness (QED) is 0.153. The summed E-state index contributed by atoms with van der Waals surface area (Å²) in [5.74, 6) is -2.05. The van der Waals surface area contributed by atoms with Crippen molar-refractivity contribution in [2.75, 3.05) is 41.7 Å². The number of nitrogens with one attached hydrogen (secondary N) is 3. The summed E-state index contributed by atoms with van der Waals surface area (Å²) >= 11 is 0. The molecule has 50 heavy (non-hydrogen) atoms. The number of anilines is 3. The standard InChI is InChI=1S/C37H35N9O4/c47-34-11-10-33(35(48)43-34)46-36(49)28-9-8-25(19-29(28)37(46)50)39-15-14-38-24-4-3-5-27(18-24)44-16-12-26(13-17-44)45-22-23(20-41-45)32-21-40-30-6-1-2-7-31(30)42-32/h1-9,18-22,26,33,38-39H,10-17H2,(H,43,47,48). The molecule has 252 valence electrons. The molecule has 13 nitrogen and oxygen atoms in total. The largest absolute Gasteiger partial charge is 0.383 e. The van der Waals surface area contributed by atoms with Gasteiger partial charge < -0.3 is 15.5 Å². The molecule has 3 aromatic carbocycles. The Kier molecular flexibility index (Phi) is 8.15. The molecule has 13 heteroatoms. The molecule has 0 bridgehead atoms. The molecule has 2 fully saturated rings. The van der Waals surface area contributed by atoms with Gasteiger partial charge in [-0.25, -0.2) is 4.98 Å². The number of piperidine rings is 2. The van der Waals surface area contributed by atoms with Crippen molar-refractivity contribution in [1.29, 1.82) is 0 Å². The first-order valence-corrected chi connectivity index (χ1v) is 16.9. The molecule has 0 spiro atoms. The maximum absolute atomic E-state index is 13.1. The molecule has 4 amide bonds. The van der Waals surface area contributed by atoms with Gasteiger partial charge in [-0.1, -0.05) is 18.2 Å². The Balaban J connectivity index is 0.828. The lowest BCUT2D eigenvalue weighted by Crippen LogP contribution is -2.54. The molecule has 2 aromatic heterocycles. The number of para-hydroxylation sites is 2. The number of amides is 4. The van der Waals surface area contributed by atoms with Gasteiger partial charge in [0.05, 0.1) is 46.3 Å². The fourth-order valence-electron chi connectivity index (χ4n) is 6.96. The average molecular weight is 670 g/mol. The molecular formula is C37H35N9O4.